The molecule has 6 heteroatoms. The van der Waals surface area contributed by atoms with Gasteiger partial charge in [-0.3, -0.25) is 0 Å². The van der Waals surface area contributed by atoms with Crippen LogP contribution in [0.2, 0.25) is 0 Å². The Balaban J connectivity index is 3.13. The molecule has 0 fully saturated rings. The molecule has 0 spiro atoms. The van der Waals surface area contributed by atoms with Gasteiger partial charge in [-0.15, -0.1) is 5.10 Å². The minimum Gasteiger partial charge on any atom is -0.476 e. The van der Waals surface area contributed by atoms with Crippen molar-refractivity contribution < 1.29 is 9.84 Å². The first-order chi connectivity index (χ1) is 8.65. The van der Waals surface area contributed by atoms with Gasteiger partial charge in [-0.2, -0.15) is 5.10 Å². The van der Waals surface area contributed by atoms with Crippen molar-refractivity contribution in [1.29, 1.82) is 0 Å². The Kier molecular flexibility index (Phi) is 5.94. The quantitative estimate of drug-likeness (QED) is 0.567. The average molecular weight is 269 g/mol. The fraction of sp³-hybridized carbons (Fsp3) is 0.583. The van der Waals surface area contributed by atoms with Crippen molar-refractivity contribution in [2.24, 2.45) is 5.73 Å². The zero-order chi connectivity index (χ0) is 13.5. The van der Waals surface area contributed by atoms with Gasteiger partial charge in [-0.25, -0.2) is 0 Å². The molecular formula is C12H19N3O2S. The molecule has 0 radical (unpaired) electrons. The summed E-state index contributed by atoms with van der Waals surface area (Å²) in [6.45, 7) is 4.48. The number of hydrogen-bond acceptors (Lipinski definition) is 5. The van der Waals surface area contributed by atoms with Crippen LogP contribution in [0, 0.1) is 0 Å². The van der Waals surface area contributed by atoms with Crippen molar-refractivity contribution >= 4 is 17.2 Å². The third-order valence-electron chi connectivity index (χ3n) is 2.60. The number of thiocarbonyl (C=S) groups is 1. The molecule has 18 heavy (non-hydrogen) atoms. The third kappa shape index (κ3) is 3.36. The summed E-state index contributed by atoms with van der Waals surface area (Å²) in [5, 5.41) is 16.9. The molecule has 0 aliphatic carbocycles. The lowest BCUT2D eigenvalue weighted by atomic mass is 10.0. The molecular weight excluding hydrogens is 250 g/mol. The lowest BCUT2D eigenvalue weighted by Crippen LogP contribution is -2.18. The summed E-state index contributed by atoms with van der Waals surface area (Å²) < 4.78 is 5.48. The van der Waals surface area contributed by atoms with E-state index in [0.29, 0.717) is 24.5 Å². The van der Waals surface area contributed by atoms with E-state index in [1.807, 2.05) is 13.8 Å². The monoisotopic (exact) mass is 269 g/mol. The van der Waals surface area contributed by atoms with Crippen LogP contribution in [0.1, 0.15) is 37.1 Å². The minimum atomic E-state index is 0.0729. The van der Waals surface area contributed by atoms with E-state index in [4.69, 9.17) is 27.8 Å². The zero-order valence-corrected chi connectivity index (χ0v) is 11.6. The highest BCUT2D eigenvalue weighted by Gasteiger charge is 2.17. The molecule has 1 heterocycles. The normalized spacial score (nSPS) is 10.4. The van der Waals surface area contributed by atoms with Gasteiger partial charge in [0, 0.05) is 13.0 Å². The van der Waals surface area contributed by atoms with Crippen molar-refractivity contribution in [1.82, 2.24) is 10.2 Å². The van der Waals surface area contributed by atoms with Crippen LogP contribution in [0.5, 0.6) is 5.88 Å². The lowest BCUT2D eigenvalue weighted by Gasteiger charge is -2.14. The Labute approximate surface area is 112 Å². The van der Waals surface area contributed by atoms with Gasteiger partial charge in [0.05, 0.1) is 17.9 Å². The van der Waals surface area contributed by atoms with E-state index in [9.17, 15) is 0 Å². The van der Waals surface area contributed by atoms with Crippen LogP contribution in [-0.4, -0.2) is 33.5 Å². The van der Waals surface area contributed by atoms with E-state index < -0.39 is 0 Å². The molecule has 5 nitrogen and oxygen atoms in total. The van der Waals surface area contributed by atoms with Gasteiger partial charge in [0.15, 0.2) is 0 Å². The minimum absolute atomic E-state index is 0.0729. The Morgan fingerprint density at radius 1 is 1.33 bits per heavy atom. The summed E-state index contributed by atoms with van der Waals surface area (Å²) in [5.41, 5.74) is 8.33. The van der Waals surface area contributed by atoms with Crippen LogP contribution < -0.4 is 10.5 Å². The average Bonchev–Trinajstić information content (AvgIpc) is 2.37. The molecule has 1 rings (SSSR count). The van der Waals surface area contributed by atoms with Gasteiger partial charge in [-0.1, -0.05) is 26.1 Å². The molecule has 1 aromatic rings. The fourth-order valence-electron chi connectivity index (χ4n) is 1.74. The predicted octanol–water partition coefficient (Wildman–Crippen LogP) is 0.997. The molecule has 0 saturated heterocycles. The summed E-state index contributed by atoms with van der Waals surface area (Å²) in [5.74, 6) is 0.366. The molecule has 0 saturated carbocycles. The van der Waals surface area contributed by atoms with Gasteiger partial charge in [0.25, 0.3) is 0 Å². The van der Waals surface area contributed by atoms with Crippen LogP contribution in [0.15, 0.2) is 0 Å². The number of nitrogens with two attached hydrogens (primary N) is 1. The van der Waals surface area contributed by atoms with Crippen molar-refractivity contribution in [3.8, 4) is 5.88 Å². The third-order valence-corrected chi connectivity index (χ3v) is 2.81. The second-order valence-corrected chi connectivity index (χ2v) is 4.24. The van der Waals surface area contributed by atoms with Crippen LogP contribution in [0.25, 0.3) is 0 Å². The largest absolute Gasteiger partial charge is 0.476 e. The number of aliphatic hydroxyl groups is 1. The second kappa shape index (κ2) is 7.23. The summed E-state index contributed by atoms with van der Waals surface area (Å²) >= 11 is 5.07. The number of hydrogen-bond donors (Lipinski definition) is 2. The van der Waals surface area contributed by atoms with Gasteiger partial charge >= 0.3 is 0 Å². The first kappa shape index (κ1) is 14.8. The molecule has 100 valence electrons. The molecule has 0 aromatic carbocycles. The smallest absolute Gasteiger partial charge is 0.244 e. The molecule has 0 aliphatic rings. The first-order valence-corrected chi connectivity index (χ1v) is 6.48. The van der Waals surface area contributed by atoms with E-state index >= 15 is 0 Å². The maximum Gasteiger partial charge on any atom is 0.244 e. The summed E-state index contributed by atoms with van der Waals surface area (Å²) in [7, 11) is 0. The number of nitrogens with zero attached hydrogens (tertiary/aromatic N) is 2. The summed E-state index contributed by atoms with van der Waals surface area (Å²) in [4.78, 5) is 0.274. The van der Waals surface area contributed by atoms with Gasteiger partial charge < -0.3 is 15.6 Å². The molecule has 0 bridgehead atoms. The second-order valence-electron chi connectivity index (χ2n) is 3.80. The number of rotatable bonds is 7. The number of ether oxygens (including phenoxy) is 1. The number of aromatic nitrogens is 2. The Hall–Kier alpha value is -1.27. The highest BCUT2D eigenvalue weighted by Crippen LogP contribution is 2.22. The van der Waals surface area contributed by atoms with Gasteiger partial charge in [0.1, 0.15) is 4.99 Å². The van der Waals surface area contributed by atoms with Crippen molar-refractivity contribution in [2.75, 3.05) is 13.2 Å². The maximum atomic E-state index is 8.74. The van der Waals surface area contributed by atoms with Gasteiger partial charge in [0.2, 0.25) is 5.88 Å². The van der Waals surface area contributed by atoms with E-state index in [1.165, 1.54) is 0 Å². The summed E-state index contributed by atoms with van der Waals surface area (Å²) in [6, 6.07) is 0. The number of aliphatic hydroxyl groups excluding tert-OH is 1. The molecule has 1 aromatic heterocycles. The Morgan fingerprint density at radius 3 is 2.56 bits per heavy atom. The van der Waals surface area contributed by atoms with Gasteiger partial charge in [-0.05, 0) is 18.4 Å². The van der Waals surface area contributed by atoms with Crippen molar-refractivity contribution in [3.05, 3.63) is 16.8 Å². The van der Waals surface area contributed by atoms with Crippen LogP contribution in [-0.2, 0) is 12.8 Å². The SMILES string of the molecule is CCc1nnc(OCCCO)c(C(N)=S)c1CC. The van der Waals surface area contributed by atoms with E-state index in [-0.39, 0.29) is 11.6 Å². The summed E-state index contributed by atoms with van der Waals surface area (Å²) in [6.07, 6.45) is 2.10. The topological polar surface area (TPSA) is 81.3 Å². The molecule has 0 aliphatic heterocycles. The standard InChI is InChI=1S/C12H19N3O2S/c1-3-8-9(4-2)14-15-12(10(8)11(13)18)17-7-5-6-16/h16H,3-7H2,1-2H3,(H2,13,18). The molecule has 0 atom stereocenters. The lowest BCUT2D eigenvalue weighted by molar-refractivity contribution is 0.227. The fourth-order valence-corrected chi connectivity index (χ4v) is 1.95. The molecule has 0 unspecified atom stereocenters. The van der Waals surface area contributed by atoms with Crippen molar-refractivity contribution in [2.45, 2.75) is 33.1 Å². The Bertz CT molecular complexity index is 424. The maximum absolute atomic E-state index is 8.74. The van der Waals surface area contributed by atoms with E-state index in [2.05, 4.69) is 10.2 Å². The number of aryl methyl sites for hydroxylation is 1. The molecule has 0 amide bonds. The van der Waals surface area contributed by atoms with Crippen LogP contribution in [0.4, 0.5) is 0 Å². The zero-order valence-electron chi connectivity index (χ0n) is 10.8. The van der Waals surface area contributed by atoms with Crippen LogP contribution in [0.3, 0.4) is 0 Å². The van der Waals surface area contributed by atoms with E-state index in [1.54, 1.807) is 0 Å². The Morgan fingerprint density at radius 2 is 2.06 bits per heavy atom. The molecule has 3 N–H and O–H groups in total. The van der Waals surface area contributed by atoms with E-state index in [0.717, 1.165) is 24.1 Å². The predicted molar refractivity (Wildman–Crippen MR) is 73.9 cm³/mol. The van der Waals surface area contributed by atoms with Crippen molar-refractivity contribution in [3.63, 3.8) is 0 Å². The first-order valence-electron chi connectivity index (χ1n) is 6.07. The van der Waals surface area contributed by atoms with Crippen LogP contribution >= 0.6 is 12.2 Å². The highest BCUT2D eigenvalue weighted by atomic mass is 32.1. The highest BCUT2D eigenvalue weighted by molar-refractivity contribution is 7.80.